The Labute approximate surface area is 158 Å². The number of nitrogens with one attached hydrogen (secondary N) is 1. The lowest BCUT2D eigenvalue weighted by atomic mass is 10.1. The predicted molar refractivity (Wildman–Crippen MR) is 101 cm³/mol. The fourth-order valence-electron chi connectivity index (χ4n) is 3.01. The molecule has 7 nitrogen and oxygen atoms in total. The molecule has 2 heterocycles. The van der Waals surface area contributed by atoms with Crippen LogP contribution in [0.1, 0.15) is 36.7 Å². The van der Waals surface area contributed by atoms with Gasteiger partial charge in [0.1, 0.15) is 0 Å². The lowest BCUT2D eigenvalue weighted by molar-refractivity contribution is -0.608. The summed E-state index contributed by atoms with van der Waals surface area (Å²) in [5, 5.41) is 14.3. The van der Waals surface area contributed by atoms with E-state index in [1.54, 1.807) is 6.07 Å². The normalized spacial score (nSPS) is 15.1. The Kier molecular flexibility index (Phi) is 5.90. The van der Waals surface area contributed by atoms with Gasteiger partial charge in [0.15, 0.2) is 12.3 Å². The van der Waals surface area contributed by atoms with Crippen LogP contribution in [0.5, 0.6) is 0 Å². The number of rotatable bonds is 5. The maximum Gasteiger partial charge on any atom is 0.405 e. The van der Waals surface area contributed by atoms with Gasteiger partial charge in [0, 0.05) is 36.6 Å². The predicted octanol–water partition coefficient (Wildman–Crippen LogP) is 2.49. The highest BCUT2D eigenvalue weighted by molar-refractivity contribution is 5.96. The van der Waals surface area contributed by atoms with Gasteiger partial charge < -0.3 is 20.2 Å². The second kappa shape index (κ2) is 8.53. The number of benzene rings is 1. The summed E-state index contributed by atoms with van der Waals surface area (Å²) in [4.78, 5) is 26.6. The number of pyridine rings is 1. The fraction of sp³-hybridized carbons (Fsp3) is 0.350. The van der Waals surface area contributed by atoms with Crippen LogP contribution in [-0.4, -0.2) is 31.1 Å². The van der Waals surface area contributed by atoms with E-state index in [1.807, 2.05) is 24.3 Å². The first-order chi connectivity index (χ1) is 13.0. The van der Waals surface area contributed by atoms with Gasteiger partial charge in [0.2, 0.25) is 0 Å². The monoisotopic (exact) mass is 369 g/mol. The Bertz CT molecular complexity index is 801. The minimum atomic E-state index is -1.03. The number of hydrogen-bond acceptors (Lipinski definition) is 5. The van der Waals surface area contributed by atoms with Crippen molar-refractivity contribution in [2.24, 2.45) is 0 Å². The first-order valence-corrected chi connectivity index (χ1v) is 9.09. The molecule has 1 N–H and O–H groups in total. The molecule has 0 unspecified atom stereocenters. The molecule has 1 aliphatic heterocycles. The molecule has 142 valence electrons. The molecule has 1 aliphatic rings. The van der Waals surface area contributed by atoms with E-state index in [0.717, 1.165) is 18.8 Å². The summed E-state index contributed by atoms with van der Waals surface area (Å²) >= 11 is 0. The van der Waals surface area contributed by atoms with Crippen molar-refractivity contribution in [2.45, 2.75) is 32.3 Å². The average molecular weight is 369 g/mol. The number of ether oxygens (including phenoxy) is 1. The van der Waals surface area contributed by atoms with Gasteiger partial charge in [-0.25, -0.2) is 4.79 Å². The molecule has 1 atom stereocenters. The van der Waals surface area contributed by atoms with Crippen molar-refractivity contribution >= 4 is 23.3 Å². The van der Waals surface area contributed by atoms with Gasteiger partial charge in [-0.15, -0.1) is 0 Å². The van der Waals surface area contributed by atoms with E-state index in [2.05, 4.69) is 10.2 Å². The Morgan fingerprint density at radius 3 is 2.48 bits per heavy atom. The number of amides is 1. The van der Waals surface area contributed by atoms with Crippen molar-refractivity contribution in [1.82, 2.24) is 0 Å². The van der Waals surface area contributed by atoms with Crippen molar-refractivity contribution < 1.29 is 19.1 Å². The smallest absolute Gasteiger partial charge is 0.405 e. The van der Waals surface area contributed by atoms with E-state index in [9.17, 15) is 14.8 Å². The molecule has 7 heteroatoms. The van der Waals surface area contributed by atoms with Gasteiger partial charge in [-0.2, -0.15) is 4.73 Å². The lowest BCUT2D eigenvalue weighted by Gasteiger charge is -2.28. The number of piperidine rings is 1. The third-order valence-corrected chi connectivity index (χ3v) is 4.54. The molecule has 1 amide bonds. The lowest BCUT2D eigenvalue weighted by Crippen LogP contribution is -2.37. The Hall–Kier alpha value is -3.09. The average Bonchev–Trinajstić information content (AvgIpc) is 2.69. The number of carbonyl (C=O) groups is 2. The number of hydrogen-bond donors (Lipinski definition) is 1. The molecule has 0 spiro atoms. The van der Waals surface area contributed by atoms with Crippen LogP contribution in [0.15, 0.2) is 48.7 Å². The number of anilines is 2. The van der Waals surface area contributed by atoms with Crippen LogP contribution in [0.3, 0.4) is 0 Å². The number of esters is 1. The zero-order chi connectivity index (χ0) is 19.2. The SMILES string of the molecule is C[C@@H](OC(=O)c1cccc[n+]1[O-])C(=O)Nc1ccc(N2CCCCC2)cc1. The van der Waals surface area contributed by atoms with Crippen LogP contribution >= 0.6 is 0 Å². The molecule has 1 fully saturated rings. The quantitative estimate of drug-likeness (QED) is 0.497. The summed E-state index contributed by atoms with van der Waals surface area (Å²) in [7, 11) is 0. The van der Waals surface area contributed by atoms with Gasteiger partial charge in [-0.05, 0) is 56.5 Å². The van der Waals surface area contributed by atoms with Crippen molar-refractivity contribution in [2.75, 3.05) is 23.3 Å². The van der Waals surface area contributed by atoms with Crippen molar-refractivity contribution in [3.05, 3.63) is 59.6 Å². The van der Waals surface area contributed by atoms with Crippen molar-refractivity contribution in [1.29, 1.82) is 0 Å². The highest BCUT2D eigenvalue weighted by Gasteiger charge is 2.23. The van der Waals surface area contributed by atoms with Crippen LogP contribution < -0.4 is 14.9 Å². The van der Waals surface area contributed by atoms with E-state index in [-0.39, 0.29) is 5.69 Å². The molecule has 0 saturated carbocycles. The van der Waals surface area contributed by atoms with Gasteiger partial charge >= 0.3 is 11.7 Å². The molecule has 0 bridgehead atoms. The van der Waals surface area contributed by atoms with Gasteiger partial charge in [0.25, 0.3) is 5.91 Å². The molecular formula is C20H23N3O4. The van der Waals surface area contributed by atoms with Crippen molar-refractivity contribution in [3.63, 3.8) is 0 Å². The third kappa shape index (κ3) is 4.75. The van der Waals surface area contributed by atoms with Gasteiger partial charge in [0.05, 0.1) is 0 Å². The third-order valence-electron chi connectivity index (χ3n) is 4.54. The topological polar surface area (TPSA) is 85.6 Å². The molecule has 2 aromatic rings. The summed E-state index contributed by atoms with van der Waals surface area (Å²) in [6, 6.07) is 12.0. The molecule has 0 aliphatic carbocycles. The number of aromatic nitrogens is 1. The molecule has 1 aromatic carbocycles. The largest absolute Gasteiger partial charge is 0.618 e. The molecule has 1 saturated heterocycles. The van der Waals surface area contributed by atoms with Gasteiger partial charge in [-0.1, -0.05) is 0 Å². The van der Waals surface area contributed by atoms with E-state index < -0.39 is 18.0 Å². The van der Waals surface area contributed by atoms with E-state index in [0.29, 0.717) is 10.4 Å². The fourth-order valence-corrected chi connectivity index (χ4v) is 3.01. The Balaban J connectivity index is 1.56. The summed E-state index contributed by atoms with van der Waals surface area (Å²) < 4.78 is 5.50. The van der Waals surface area contributed by atoms with Crippen LogP contribution in [0.4, 0.5) is 11.4 Å². The van der Waals surface area contributed by atoms with E-state index in [1.165, 1.54) is 44.5 Å². The molecule has 0 radical (unpaired) electrons. The summed E-state index contributed by atoms with van der Waals surface area (Å²) in [5.74, 6) is -1.30. The van der Waals surface area contributed by atoms with Crippen molar-refractivity contribution in [3.8, 4) is 0 Å². The zero-order valence-electron chi connectivity index (χ0n) is 15.3. The highest BCUT2D eigenvalue weighted by Crippen LogP contribution is 2.22. The number of nitrogens with zero attached hydrogens (tertiary/aromatic N) is 2. The highest BCUT2D eigenvalue weighted by atomic mass is 16.6. The van der Waals surface area contributed by atoms with Gasteiger partial charge in [-0.3, -0.25) is 4.79 Å². The Morgan fingerprint density at radius 2 is 1.81 bits per heavy atom. The second-order valence-corrected chi connectivity index (χ2v) is 6.54. The molecule has 3 rings (SSSR count). The molecular weight excluding hydrogens is 346 g/mol. The summed E-state index contributed by atoms with van der Waals surface area (Å²) in [6.07, 6.45) is 3.85. The first-order valence-electron chi connectivity index (χ1n) is 9.09. The molecule has 27 heavy (non-hydrogen) atoms. The minimum absolute atomic E-state index is 0.164. The Morgan fingerprint density at radius 1 is 1.11 bits per heavy atom. The van der Waals surface area contributed by atoms with Crippen LogP contribution in [-0.2, 0) is 9.53 Å². The zero-order valence-corrected chi connectivity index (χ0v) is 15.3. The summed E-state index contributed by atoms with van der Waals surface area (Å²) in [5.41, 5.74) is 1.60. The maximum atomic E-state index is 12.3. The van der Waals surface area contributed by atoms with Crippen LogP contribution in [0.25, 0.3) is 0 Å². The maximum absolute atomic E-state index is 12.3. The number of carbonyl (C=O) groups excluding carboxylic acids is 2. The summed E-state index contributed by atoms with van der Waals surface area (Å²) in [6.45, 7) is 3.57. The first kappa shape index (κ1) is 18.7. The van der Waals surface area contributed by atoms with Crippen LogP contribution in [0, 0.1) is 5.21 Å². The molecule has 1 aromatic heterocycles. The van der Waals surface area contributed by atoms with E-state index in [4.69, 9.17) is 4.74 Å². The van der Waals surface area contributed by atoms with E-state index >= 15 is 0 Å². The minimum Gasteiger partial charge on any atom is -0.618 e. The second-order valence-electron chi connectivity index (χ2n) is 6.54. The van der Waals surface area contributed by atoms with Crippen LogP contribution in [0.2, 0.25) is 0 Å². The standard InChI is InChI=1S/C20H23N3O4/c1-15(27-20(25)18-7-3-6-14-23(18)26)19(24)21-16-8-10-17(11-9-16)22-12-4-2-5-13-22/h3,6-11,14-15H,2,4-5,12-13H2,1H3,(H,21,24)/t15-/m1/s1.